The van der Waals surface area contributed by atoms with Crippen LogP contribution in [-0.2, 0) is 39.1 Å². The first-order valence-electron chi connectivity index (χ1n) is 17.1. The van der Waals surface area contributed by atoms with E-state index in [1.165, 1.54) is 12.1 Å². The molecule has 0 spiro atoms. The second kappa shape index (κ2) is 17.3. The number of nitrogens with one attached hydrogen (secondary N) is 2. The minimum absolute atomic E-state index is 0.0181. The van der Waals surface area contributed by atoms with Crippen LogP contribution in [0.25, 0.3) is 0 Å². The third kappa shape index (κ3) is 11.3. The van der Waals surface area contributed by atoms with Gasteiger partial charge in [0.1, 0.15) is 23.1 Å². The fourth-order valence-corrected chi connectivity index (χ4v) is 6.70. The predicted molar refractivity (Wildman–Crippen MR) is 195 cm³/mol. The van der Waals surface area contributed by atoms with Gasteiger partial charge in [-0.05, 0) is 91.8 Å². The number of hydrogen-bond donors (Lipinski definition) is 2. The van der Waals surface area contributed by atoms with E-state index in [0.29, 0.717) is 66.5 Å². The van der Waals surface area contributed by atoms with Crippen LogP contribution in [0.2, 0.25) is 0 Å². The van der Waals surface area contributed by atoms with Crippen molar-refractivity contribution in [2.75, 3.05) is 35.5 Å². The molecule has 4 aromatic rings. The molecule has 12 heteroatoms. The molecule has 0 radical (unpaired) electrons. The topological polar surface area (TPSA) is 108 Å². The number of hydrogen-bond acceptors (Lipinski definition) is 6. The van der Waals surface area contributed by atoms with E-state index >= 15 is 0 Å². The summed E-state index contributed by atoms with van der Waals surface area (Å²) in [6.45, 7) is 4.35. The summed E-state index contributed by atoms with van der Waals surface area (Å²) in [7, 11) is -3.53. The first-order chi connectivity index (χ1) is 24.4. The number of carbonyl (C=O) groups excluding carboxylic acids is 2. The van der Waals surface area contributed by atoms with Crippen LogP contribution < -0.4 is 19.7 Å². The molecule has 2 N–H and O–H groups in total. The van der Waals surface area contributed by atoms with Crippen LogP contribution in [0.1, 0.15) is 54.4 Å². The molecule has 1 saturated heterocycles. The van der Waals surface area contributed by atoms with Crippen molar-refractivity contribution in [3.63, 3.8) is 0 Å². The zero-order valence-corrected chi connectivity index (χ0v) is 29.8. The number of sulfonamides is 1. The Hall–Kier alpha value is -4.97. The van der Waals surface area contributed by atoms with Crippen LogP contribution in [0, 0.1) is 18.6 Å². The number of rotatable bonds is 17. The van der Waals surface area contributed by atoms with Crippen molar-refractivity contribution in [1.82, 2.24) is 10.2 Å². The minimum atomic E-state index is -3.53. The lowest BCUT2D eigenvalue weighted by molar-refractivity contribution is -0.127. The van der Waals surface area contributed by atoms with E-state index in [9.17, 15) is 26.8 Å². The van der Waals surface area contributed by atoms with E-state index < -0.39 is 21.7 Å². The summed E-state index contributed by atoms with van der Waals surface area (Å²) in [6, 6.07) is 24.0. The summed E-state index contributed by atoms with van der Waals surface area (Å²) < 4.78 is 60.9. The Balaban J connectivity index is 1.15. The average Bonchev–Trinajstić information content (AvgIpc) is 3.50. The number of likely N-dealkylation sites (tertiary alicyclic amines) is 1. The highest BCUT2D eigenvalue weighted by Gasteiger charge is 2.19. The molecule has 9 nitrogen and oxygen atoms in total. The van der Waals surface area contributed by atoms with Gasteiger partial charge in [-0.1, -0.05) is 36.4 Å². The number of anilines is 2. The van der Waals surface area contributed by atoms with E-state index in [1.807, 2.05) is 64.4 Å². The maximum atomic E-state index is 14.7. The van der Waals surface area contributed by atoms with Gasteiger partial charge in [0, 0.05) is 62.9 Å². The van der Waals surface area contributed by atoms with Crippen molar-refractivity contribution in [1.29, 1.82) is 0 Å². The Morgan fingerprint density at radius 2 is 1.63 bits per heavy atom. The van der Waals surface area contributed by atoms with Gasteiger partial charge in [-0.3, -0.25) is 14.3 Å². The smallest absolute Gasteiger partial charge is 0.229 e. The summed E-state index contributed by atoms with van der Waals surface area (Å²) in [5.41, 5.74) is 4.07. The fourth-order valence-electron chi connectivity index (χ4n) is 6.08. The Morgan fingerprint density at radius 1 is 0.922 bits per heavy atom. The Labute approximate surface area is 298 Å². The lowest BCUT2D eigenvalue weighted by atomic mass is 10.1. The number of halogens is 2. The molecule has 5 rings (SSSR count). The zero-order valence-electron chi connectivity index (χ0n) is 29.0. The van der Waals surface area contributed by atoms with Gasteiger partial charge in [0.2, 0.25) is 21.8 Å². The first kappa shape index (κ1) is 37.3. The molecule has 51 heavy (non-hydrogen) atoms. The second-order valence-electron chi connectivity index (χ2n) is 12.8. The summed E-state index contributed by atoms with van der Waals surface area (Å²) in [6.07, 6.45) is 5.32. The monoisotopic (exact) mass is 718 g/mol. The van der Waals surface area contributed by atoms with Crippen LogP contribution >= 0.6 is 0 Å². The van der Waals surface area contributed by atoms with E-state index in [1.54, 1.807) is 19.1 Å². The predicted octanol–water partition coefficient (Wildman–Crippen LogP) is 7.10. The fraction of sp³-hybridized carbons (Fsp3) is 0.333. The lowest BCUT2D eigenvalue weighted by Gasteiger charge is -2.28. The molecule has 4 aromatic carbocycles. The van der Waals surface area contributed by atoms with Crippen LogP contribution in [0.4, 0.5) is 20.2 Å². The van der Waals surface area contributed by atoms with Crippen LogP contribution in [0.3, 0.4) is 0 Å². The van der Waals surface area contributed by atoms with Gasteiger partial charge in [0.25, 0.3) is 0 Å². The zero-order chi connectivity index (χ0) is 36.4. The number of amides is 2. The third-order valence-electron chi connectivity index (χ3n) is 8.74. The molecule has 1 fully saturated rings. The summed E-state index contributed by atoms with van der Waals surface area (Å²) >= 11 is 0. The van der Waals surface area contributed by atoms with Crippen LogP contribution in [0.15, 0.2) is 84.9 Å². The normalized spacial score (nSPS) is 12.9. The highest BCUT2D eigenvalue weighted by Crippen LogP contribution is 2.31. The third-order valence-corrected chi connectivity index (χ3v) is 9.33. The Bertz CT molecular complexity index is 1920. The highest BCUT2D eigenvalue weighted by atomic mass is 32.2. The summed E-state index contributed by atoms with van der Waals surface area (Å²) in [5.74, 6) is 0.191. The molecule has 270 valence electrons. The van der Waals surface area contributed by atoms with E-state index in [0.717, 1.165) is 55.7 Å². The standard InChI is InChI=1S/C39H44F2N4O5S/c1-28-36(43-51(2,48)49)8-4-9-37(28)45(27-31-16-17-32(40)25-35(31)41)26-30-14-20-34(21-15-30)50-33-18-12-29(13-19-33)7-3-10-38(46)42-22-6-24-44-23-5-11-39(44)47/h4,8-9,12-21,25,43H,3,5-7,10-11,22-24,26-27H2,1-2H3,(H,42,46). The minimum Gasteiger partial charge on any atom is -0.457 e. The van der Waals surface area contributed by atoms with Gasteiger partial charge in [-0.15, -0.1) is 0 Å². The van der Waals surface area contributed by atoms with Crippen molar-refractivity contribution in [3.05, 3.63) is 119 Å². The molecule has 0 bridgehead atoms. The second-order valence-corrected chi connectivity index (χ2v) is 14.6. The maximum absolute atomic E-state index is 14.7. The Morgan fingerprint density at radius 3 is 2.27 bits per heavy atom. The quantitative estimate of drug-likeness (QED) is 0.113. The number of carbonyl (C=O) groups is 2. The van der Waals surface area contributed by atoms with Crippen molar-refractivity contribution >= 4 is 33.2 Å². The molecule has 0 aliphatic carbocycles. The average molecular weight is 719 g/mol. The summed E-state index contributed by atoms with van der Waals surface area (Å²) in [5, 5.41) is 2.94. The number of benzene rings is 4. The molecule has 2 amide bonds. The molecule has 0 aromatic heterocycles. The van der Waals surface area contributed by atoms with Gasteiger partial charge in [-0.25, -0.2) is 17.2 Å². The lowest BCUT2D eigenvalue weighted by Crippen LogP contribution is -2.30. The van der Waals surface area contributed by atoms with Crippen LogP contribution in [-0.4, -0.2) is 51.0 Å². The molecular formula is C39H44F2N4O5S. The van der Waals surface area contributed by atoms with E-state index in [-0.39, 0.29) is 18.4 Å². The molecule has 0 unspecified atom stereocenters. The van der Waals surface area contributed by atoms with Gasteiger partial charge >= 0.3 is 0 Å². The van der Waals surface area contributed by atoms with E-state index in [2.05, 4.69) is 10.0 Å². The van der Waals surface area contributed by atoms with Crippen molar-refractivity contribution in [2.24, 2.45) is 0 Å². The van der Waals surface area contributed by atoms with Crippen LogP contribution in [0.5, 0.6) is 11.5 Å². The molecule has 0 atom stereocenters. The highest BCUT2D eigenvalue weighted by molar-refractivity contribution is 7.92. The maximum Gasteiger partial charge on any atom is 0.229 e. The Kier molecular flexibility index (Phi) is 12.7. The van der Waals surface area contributed by atoms with Crippen molar-refractivity contribution in [3.8, 4) is 11.5 Å². The van der Waals surface area contributed by atoms with Gasteiger partial charge < -0.3 is 19.9 Å². The number of aryl methyl sites for hydroxylation is 1. The SMILES string of the molecule is Cc1c(NS(C)(=O)=O)cccc1N(Cc1ccc(Oc2ccc(CCCC(=O)NCCCN3CCCC3=O)cc2)cc1)Cc1ccc(F)cc1F. The van der Waals surface area contributed by atoms with Gasteiger partial charge in [0.05, 0.1) is 11.9 Å². The summed E-state index contributed by atoms with van der Waals surface area (Å²) in [4.78, 5) is 27.7. The van der Waals surface area contributed by atoms with Crippen molar-refractivity contribution < 1.29 is 31.5 Å². The largest absolute Gasteiger partial charge is 0.457 e. The molecular weight excluding hydrogens is 675 g/mol. The molecule has 0 saturated carbocycles. The number of ether oxygens (including phenoxy) is 1. The molecule has 1 heterocycles. The van der Waals surface area contributed by atoms with Gasteiger partial charge in [0.15, 0.2) is 0 Å². The van der Waals surface area contributed by atoms with E-state index in [4.69, 9.17) is 4.74 Å². The molecule has 1 aliphatic rings. The first-order valence-corrected chi connectivity index (χ1v) is 19.0. The number of nitrogens with zero attached hydrogens (tertiary/aromatic N) is 2. The molecule has 1 aliphatic heterocycles. The van der Waals surface area contributed by atoms with Crippen molar-refractivity contribution in [2.45, 2.75) is 58.5 Å². The van der Waals surface area contributed by atoms with Gasteiger partial charge in [-0.2, -0.15) is 0 Å².